The minimum absolute atomic E-state index is 0.139. The molecule has 9 nitrogen and oxygen atoms in total. The molecule has 0 radical (unpaired) electrons. The van der Waals surface area contributed by atoms with Crippen LogP contribution in [0.25, 0.3) is 0 Å². The molecule has 3 unspecified atom stereocenters. The molecule has 3 fully saturated rings. The SMILES string of the molecule is CC1(n2c(=O)n(CC3CO3)c(=O)n(CC3CO3)c2=O)CO1. The molecule has 0 bridgehead atoms. The fraction of sp³-hybridized carbons (Fsp3) is 0.750. The van der Waals surface area contributed by atoms with E-state index in [0.29, 0.717) is 13.2 Å². The molecule has 9 heteroatoms. The zero-order valence-electron chi connectivity index (χ0n) is 11.5. The topological polar surface area (TPSA) is 104 Å². The van der Waals surface area contributed by atoms with E-state index in [0.717, 1.165) is 13.7 Å². The first-order chi connectivity index (χ1) is 9.99. The first-order valence-electron chi connectivity index (χ1n) is 6.84. The second kappa shape index (κ2) is 4.15. The number of hydrogen-bond acceptors (Lipinski definition) is 6. The molecule has 1 aromatic rings. The minimum atomic E-state index is -0.958. The van der Waals surface area contributed by atoms with Gasteiger partial charge in [0.15, 0.2) is 5.72 Å². The lowest BCUT2D eigenvalue weighted by Gasteiger charge is -2.15. The first kappa shape index (κ1) is 13.0. The van der Waals surface area contributed by atoms with Crippen molar-refractivity contribution >= 4 is 0 Å². The molecule has 0 aliphatic carbocycles. The van der Waals surface area contributed by atoms with Crippen molar-refractivity contribution in [3.8, 4) is 0 Å². The molecule has 0 aromatic carbocycles. The van der Waals surface area contributed by atoms with Gasteiger partial charge in [0.05, 0.1) is 45.1 Å². The normalized spacial score (nSPS) is 33.0. The van der Waals surface area contributed by atoms with Gasteiger partial charge in [0.1, 0.15) is 0 Å². The maximum atomic E-state index is 12.5. The van der Waals surface area contributed by atoms with Crippen molar-refractivity contribution < 1.29 is 14.2 Å². The molecular formula is C12H15N3O6. The highest BCUT2D eigenvalue weighted by molar-refractivity contribution is 4.92. The average Bonchev–Trinajstić information content (AvgIpc) is 3.27. The summed E-state index contributed by atoms with van der Waals surface area (Å²) in [4.78, 5) is 37.3. The van der Waals surface area contributed by atoms with Gasteiger partial charge in [-0.05, 0) is 6.92 Å². The van der Waals surface area contributed by atoms with Crippen molar-refractivity contribution in [2.24, 2.45) is 0 Å². The average molecular weight is 297 g/mol. The quantitative estimate of drug-likeness (QED) is 0.565. The number of nitrogens with zero attached hydrogens (tertiary/aromatic N) is 3. The predicted molar refractivity (Wildman–Crippen MR) is 68.3 cm³/mol. The van der Waals surface area contributed by atoms with Crippen molar-refractivity contribution in [1.29, 1.82) is 0 Å². The van der Waals surface area contributed by atoms with Crippen molar-refractivity contribution in [1.82, 2.24) is 13.7 Å². The molecular weight excluding hydrogens is 282 g/mol. The highest BCUT2D eigenvalue weighted by atomic mass is 16.6. The molecule has 0 N–H and O–H groups in total. The molecule has 21 heavy (non-hydrogen) atoms. The number of aromatic nitrogens is 3. The van der Waals surface area contributed by atoms with Gasteiger partial charge in [-0.2, -0.15) is 0 Å². The second-order valence-corrected chi connectivity index (χ2v) is 5.78. The number of ether oxygens (including phenoxy) is 3. The monoisotopic (exact) mass is 297 g/mol. The summed E-state index contributed by atoms with van der Waals surface area (Å²) in [7, 11) is 0. The Bertz CT molecular complexity index is 710. The van der Waals surface area contributed by atoms with Crippen LogP contribution in [0, 0.1) is 0 Å². The van der Waals surface area contributed by atoms with Crippen LogP contribution in [-0.2, 0) is 33.0 Å². The van der Waals surface area contributed by atoms with Crippen LogP contribution < -0.4 is 17.1 Å². The molecule has 3 atom stereocenters. The third-order valence-corrected chi connectivity index (χ3v) is 3.92. The third kappa shape index (κ3) is 2.17. The van der Waals surface area contributed by atoms with E-state index >= 15 is 0 Å². The highest BCUT2D eigenvalue weighted by Gasteiger charge is 2.46. The highest BCUT2D eigenvalue weighted by Crippen LogP contribution is 2.28. The summed E-state index contributed by atoms with van der Waals surface area (Å²) in [5.41, 5.74) is -2.86. The van der Waals surface area contributed by atoms with E-state index in [4.69, 9.17) is 14.2 Å². The lowest BCUT2D eigenvalue weighted by Crippen LogP contribution is -2.57. The summed E-state index contributed by atoms with van der Waals surface area (Å²) in [6, 6.07) is 0. The maximum absolute atomic E-state index is 12.5. The van der Waals surface area contributed by atoms with Crippen LogP contribution in [0.15, 0.2) is 14.4 Å². The molecule has 0 spiro atoms. The summed E-state index contributed by atoms with van der Waals surface area (Å²) in [5.74, 6) is 0. The van der Waals surface area contributed by atoms with Crippen molar-refractivity contribution in [2.45, 2.75) is 37.9 Å². The Labute approximate surface area is 118 Å². The lowest BCUT2D eigenvalue weighted by molar-refractivity contribution is 0.214. The van der Waals surface area contributed by atoms with Crippen molar-refractivity contribution in [3.05, 3.63) is 31.5 Å². The van der Waals surface area contributed by atoms with Gasteiger partial charge in [0.2, 0.25) is 0 Å². The largest absolute Gasteiger partial charge is 0.371 e. The second-order valence-electron chi connectivity index (χ2n) is 5.78. The standard InChI is InChI=1S/C12H15N3O6/c1-12(6-21-12)15-10(17)13(2-7-4-19-7)9(16)14(11(15)18)3-8-5-20-8/h7-8H,2-6H2,1H3. The fourth-order valence-corrected chi connectivity index (χ4v) is 2.34. The first-order valence-corrected chi connectivity index (χ1v) is 6.84. The molecule has 4 heterocycles. The Morgan fingerprint density at radius 3 is 1.76 bits per heavy atom. The minimum Gasteiger partial charge on any atom is -0.371 e. The molecule has 0 amide bonds. The van der Waals surface area contributed by atoms with Crippen LogP contribution in [0.3, 0.4) is 0 Å². The zero-order valence-corrected chi connectivity index (χ0v) is 11.5. The van der Waals surface area contributed by atoms with Gasteiger partial charge in [0, 0.05) is 0 Å². The van der Waals surface area contributed by atoms with Crippen LogP contribution in [-0.4, -0.2) is 45.7 Å². The Hall–Kier alpha value is -1.71. The molecule has 3 aliphatic heterocycles. The Morgan fingerprint density at radius 2 is 1.43 bits per heavy atom. The number of hydrogen-bond donors (Lipinski definition) is 0. The van der Waals surface area contributed by atoms with Crippen LogP contribution in [0.4, 0.5) is 0 Å². The van der Waals surface area contributed by atoms with E-state index in [9.17, 15) is 14.4 Å². The maximum Gasteiger partial charge on any atom is 0.338 e. The molecule has 114 valence electrons. The lowest BCUT2D eigenvalue weighted by atomic mass is 10.4. The van der Waals surface area contributed by atoms with Crippen LogP contribution in [0.5, 0.6) is 0 Å². The smallest absolute Gasteiger partial charge is 0.338 e. The summed E-state index contributed by atoms with van der Waals surface area (Å²) in [6.45, 7) is 3.27. The molecule has 0 saturated carbocycles. The van der Waals surface area contributed by atoms with E-state index in [1.165, 1.54) is 0 Å². The Kier molecular flexibility index (Phi) is 2.57. The van der Waals surface area contributed by atoms with Crippen LogP contribution in [0.2, 0.25) is 0 Å². The van der Waals surface area contributed by atoms with E-state index in [1.807, 2.05) is 0 Å². The van der Waals surface area contributed by atoms with Crippen molar-refractivity contribution in [3.63, 3.8) is 0 Å². The van der Waals surface area contributed by atoms with Gasteiger partial charge in [-0.3, -0.25) is 0 Å². The predicted octanol–water partition coefficient (Wildman–Crippen LogP) is -2.33. The van der Waals surface area contributed by atoms with E-state index in [1.54, 1.807) is 6.92 Å². The Balaban J connectivity index is 1.90. The van der Waals surface area contributed by atoms with Crippen molar-refractivity contribution in [2.75, 3.05) is 19.8 Å². The van der Waals surface area contributed by atoms with E-state index < -0.39 is 22.8 Å². The van der Waals surface area contributed by atoms with Crippen LogP contribution in [0.1, 0.15) is 6.92 Å². The fourth-order valence-electron chi connectivity index (χ4n) is 2.34. The van der Waals surface area contributed by atoms with Gasteiger partial charge in [-0.25, -0.2) is 28.1 Å². The molecule has 3 saturated heterocycles. The van der Waals surface area contributed by atoms with E-state index in [2.05, 4.69) is 0 Å². The van der Waals surface area contributed by atoms with Gasteiger partial charge in [-0.15, -0.1) is 0 Å². The Morgan fingerprint density at radius 1 is 1.00 bits per heavy atom. The molecule has 4 rings (SSSR count). The van der Waals surface area contributed by atoms with E-state index in [-0.39, 0.29) is 31.9 Å². The molecule has 3 aliphatic rings. The van der Waals surface area contributed by atoms with Gasteiger partial charge < -0.3 is 14.2 Å². The summed E-state index contributed by atoms with van der Waals surface area (Å²) in [5, 5.41) is 0. The summed E-state index contributed by atoms with van der Waals surface area (Å²) >= 11 is 0. The van der Waals surface area contributed by atoms with Gasteiger partial charge >= 0.3 is 17.1 Å². The third-order valence-electron chi connectivity index (χ3n) is 3.92. The van der Waals surface area contributed by atoms with Crippen LogP contribution >= 0.6 is 0 Å². The summed E-state index contributed by atoms with van der Waals surface area (Å²) in [6.07, 6.45) is -0.278. The van der Waals surface area contributed by atoms with Gasteiger partial charge in [-0.1, -0.05) is 0 Å². The number of epoxide rings is 3. The molecule has 1 aromatic heterocycles. The van der Waals surface area contributed by atoms with Gasteiger partial charge in [0.25, 0.3) is 0 Å². The number of rotatable bonds is 5. The zero-order chi connectivity index (χ0) is 14.8. The summed E-state index contributed by atoms with van der Waals surface area (Å²) < 4.78 is 18.5.